The summed E-state index contributed by atoms with van der Waals surface area (Å²) in [6.45, 7) is 13.4. The van der Waals surface area contributed by atoms with Crippen LogP contribution in [-0.4, -0.2) is 23.1 Å². The Kier molecular flexibility index (Phi) is 8.18. The maximum atomic E-state index is 10.6. The largest absolute Gasteiger partial charge is 0.507 e. The Morgan fingerprint density at radius 2 is 1.48 bits per heavy atom. The van der Waals surface area contributed by atoms with Gasteiger partial charge in [0.2, 0.25) is 0 Å². The van der Waals surface area contributed by atoms with E-state index in [1.54, 1.807) is 0 Å². The summed E-state index contributed by atoms with van der Waals surface area (Å²) in [5.74, 6) is 2.09. The van der Waals surface area contributed by atoms with Crippen LogP contribution >= 0.6 is 0 Å². The third-order valence-corrected chi connectivity index (χ3v) is 5.03. The van der Waals surface area contributed by atoms with Crippen molar-refractivity contribution in [2.75, 3.05) is 13.1 Å². The molecule has 0 aliphatic carbocycles. The first-order chi connectivity index (χ1) is 13.0. The number of para-hydroxylation sites is 1. The molecule has 0 aliphatic rings. The topological polar surface area (TPSA) is 32.7 Å². The number of aromatic hydroxyl groups is 1. The minimum atomic E-state index is 0.391. The van der Waals surface area contributed by atoms with E-state index in [4.69, 9.17) is 4.74 Å². The minimum Gasteiger partial charge on any atom is -0.507 e. The lowest BCUT2D eigenvalue weighted by Crippen LogP contribution is -2.25. The fourth-order valence-corrected chi connectivity index (χ4v) is 3.35. The van der Waals surface area contributed by atoms with Crippen molar-refractivity contribution >= 4 is 0 Å². The highest BCUT2D eigenvalue weighted by Crippen LogP contribution is 2.34. The third-order valence-electron chi connectivity index (χ3n) is 5.03. The van der Waals surface area contributed by atoms with Gasteiger partial charge in [0.05, 0.1) is 0 Å². The van der Waals surface area contributed by atoms with Crippen LogP contribution in [0.25, 0.3) is 0 Å². The highest BCUT2D eigenvalue weighted by molar-refractivity contribution is 5.49. The lowest BCUT2D eigenvalue weighted by atomic mass is 10.1. The van der Waals surface area contributed by atoms with Crippen LogP contribution in [0.4, 0.5) is 0 Å². The van der Waals surface area contributed by atoms with Gasteiger partial charge in [-0.25, -0.2) is 0 Å². The van der Waals surface area contributed by atoms with Crippen LogP contribution in [0.1, 0.15) is 61.8 Å². The molecule has 0 fully saturated rings. The second kappa shape index (κ2) is 10.4. The molecule has 0 bridgehead atoms. The Hall–Kier alpha value is -2.00. The van der Waals surface area contributed by atoms with Crippen molar-refractivity contribution in [2.24, 2.45) is 0 Å². The Morgan fingerprint density at radius 3 is 2.04 bits per heavy atom. The Bertz CT molecular complexity index is 711. The number of hydrogen-bond acceptors (Lipinski definition) is 3. The molecule has 3 heteroatoms. The van der Waals surface area contributed by atoms with Gasteiger partial charge in [-0.1, -0.05) is 44.9 Å². The van der Waals surface area contributed by atoms with E-state index in [-0.39, 0.29) is 0 Å². The van der Waals surface area contributed by atoms with E-state index in [1.807, 2.05) is 25.1 Å². The molecule has 0 radical (unpaired) electrons. The van der Waals surface area contributed by atoms with Crippen molar-refractivity contribution in [1.29, 1.82) is 0 Å². The highest BCUT2D eigenvalue weighted by atomic mass is 16.5. The van der Waals surface area contributed by atoms with Gasteiger partial charge in [-0.2, -0.15) is 0 Å². The van der Waals surface area contributed by atoms with E-state index < -0.39 is 0 Å². The lowest BCUT2D eigenvalue weighted by Gasteiger charge is -2.23. The maximum Gasteiger partial charge on any atom is 0.133 e. The third kappa shape index (κ3) is 6.00. The fourth-order valence-electron chi connectivity index (χ4n) is 3.35. The number of nitrogens with zero attached hydrogens (tertiary/aromatic N) is 1. The van der Waals surface area contributed by atoms with Crippen LogP contribution in [0.2, 0.25) is 0 Å². The summed E-state index contributed by atoms with van der Waals surface area (Å²) in [6, 6.07) is 10.1. The predicted octanol–water partition coefficient (Wildman–Crippen LogP) is 6.51. The molecule has 2 rings (SSSR count). The van der Waals surface area contributed by atoms with E-state index in [9.17, 15) is 5.11 Å². The number of benzene rings is 2. The molecule has 0 saturated heterocycles. The monoisotopic (exact) mass is 369 g/mol. The van der Waals surface area contributed by atoms with Crippen molar-refractivity contribution in [3.05, 3.63) is 52.6 Å². The van der Waals surface area contributed by atoms with Gasteiger partial charge in [0.15, 0.2) is 0 Å². The molecule has 0 saturated carbocycles. The fraction of sp³-hybridized carbons (Fsp3) is 0.500. The lowest BCUT2D eigenvalue weighted by molar-refractivity contribution is 0.253. The molecular weight excluding hydrogens is 334 g/mol. The van der Waals surface area contributed by atoms with Crippen molar-refractivity contribution in [1.82, 2.24) is 4.90 Å². The average molecular weight is 370 g/mol. The number of ether oxygens (including phenoxy) is 1. The van der Waals surface area contributed by atoms with Gasteiger partial charge in [-0.3, -0.25) is 4.90 Å². The second-order valence-corrected chi connectivity index (χ2v) is 7.55. The molecule has 148 valence electrons. The zero-order chi connectivity index (χ0) is 19.8. The molecule has 0 unspecified atom stereocenters. The first kappa shape index (κ1) is 21.3. The van der Waals surface area contributed by atoms with Crippen LogP contribution in [0.5, 0.6) is 17.2 Å². The number of unbranched alkanes of at least 4 members (excludes halogenated alkanes) is 2. The van der Waals surface area contributed by atoms with Gasteiger partial charge in [0, 0.05) is 12.1 Å². The molecule has 0 aromatic heterocycles. The van der Waals surface area contributed by atoms with Gasteiger partial charge in [-0.15, -0.1) is 0 Å². The molecule has 0 heterocycles. The summed E-state index contributed by atoms with van der Waals surface area (Å²) in [5, 5.41) is 10.6. The summed E-state index contributed by atoms with van der Waals surface area (Å²) in [6.07, 6.45) is 4.73. The van der Waals surface area contributed by atoms with E-state index in [2.05, 4.69) is 44.7 Å². The maximum absolute atomic E-state index is 10.6. The van der Waals surface area contributed by atoms with E-state index in [0.29, 0.717) is 5.75 Å². The number of aryl methyl sites for hydroxylation is 3. The summed E-state index contributed by atoms with van der Waals surface area (Å²) in [4.78, 5) is 2.45. The zero-order valence-corrected chi connectivity index (χ0v) is 17.6. The van der Waals surface area contributed by atoms with Gasteiger partial charge < -0.3 is 9.84 Å². The summed E-state index contributed by atoms with van der Waals surface area (Å²) in [7, 11) is 0. The van der Waals surface area contributed by atoms with Gasteiger partial charge in [0.1, 0.15) is 17.2 Å². The molecule has 3 nitrogen and oxygen atoms in total. The van der Waals surface area contributed by atoms with Crippen LogP contribution in [0, 0.1) is 20.8 Å². The van der Waals surface area contributed by atoms with Gasteiger partial charge >= 0.3 is 0 Å². The standard InChI is InChI=1S/C24H35NO2/c1-6-8-13-25(14-9-7-2)17-21-16-22(15-20(5)23(21)26)27-24-18(3)11-10-12-19(24)4/h10-12,15-16,26H,6-9,13-14,17H2,1-5H3. The smallest absolute Gasteiger partial charge is 0.133 e. The zero-order valence-electron chi connectivity index (χ0n) is 17.6. The summed E-state index contributed by atoms with van der Waals surface area (Å²) < 4.78 is 6.23. The van der Waals surface area contributed by atoms with Crippen LogP contribution < -0.4 is 4.74 Å². The second-order valence-electron chi connectivity index (χ2n) is 7.55. The Morgan fingerprint density at radius 1 is 0.889 bits per heavy atom. The quantitative estimate of drug-likeness (QED) is 0.518. The van der Waals surface area contributed by atoms with Crippen molar-refractivity contribution in [2.45, 2.75) is 66.8 Å². The first-order valence-corrected chi connectivity index (χ1v) is 10.2. The molecule has 1 N–H and O–H groups in total. The predicted molar refractivity (Wildman–Crippen MR) is 114 cm³/mol. The molecule has 0 atom stereocenters. The average Bonchev–Trinajstić information content (AvgIpc) is 2.64. The number of hydrogen-bond donors (Lipinski definition) is 1. The van der Waals surface area contributed by atoms with Crippen molar-refractivity contribution in [3.8, 4) is 17.2 Å². The SMILES string of the molecule is CCCCN(CCCC)Cc1cc(Oc2c(C)cccc2C)cc(C)c1O. The molecular formula is C24H35NO2. The normalized spacial score (nSPS) is 11.2. The van der Waals surface area contributed by atoms with Crippen molar-refractivity contribution in [3.63, 3.8) is 0 Å². The van der Waals surface area contributed by atoms with Gasteiger partial charge in [-0.05, 0) is 75.5 Å². The molecule has 0 aliphatic heterocycles. The number of phenols is 1. The molecule has 2 aromatic rings. The van der Waals surface area contributed by atoms with Crippen molar-refractivity contribution < 1.29 is 9.84 Å². The van der Waals surface area contributed by atoms with Crippen LogP contribution in [0.3, 0.4) is 0 Å². The molecule has 0 spiro atoms. The number of phenolic OH excluding ortho intramolecular Hbond substituents is 1. The van der Waals surface area contributed by atoms with E-state index in [0.717, 1.165) is 53.4 Å². The number of rotatable bonds is 10. The minimum absolute atomic E-state index is 0.391. The summed E-state index contributed by atoms with van der Waals surface area (Å²) in [5.41, 5.74) is 4.05. The first-order valence-electron chi connectivity index (χ1n) is 10.2. The highest BCUT2D eigenvalue weighted by Gasteiger charge is 2.14. The molecule has 2 aromatic carbocycles. The molecule has 27 heavy (non-hydrogen) atoms. The molecule has 0 amide bonds. The summed E-state index contributed by atoms with van der Waals surface area (Å²) >= 11 is 0. The van der Waals surface area contributed by atoms with Crippen LogP contribution in [-0.2, 0) is 6.54 Å². The van der Waals surface area contributed by atoms with E-state index in [1.165, 1.54) is 25.7 Å². The van der Waals surface area contributed by atoms with Crippen LogP contribution in [0.15, 0.2) is 30.3 Å². The van der Waals surface area contributed by atoms with Gasteiger partial charge in [0.25, 0.3) is 0 Å². The van der Waals surface area contributed by atoms with E-state index >= 15 is 0 Å². The Balaban J connectivity index is 2.26. The Labute approximate surface area is 165 Å².